The molecule has 0 fully saturated rings. The molecule has 0 spiro atoms. The fraction of sp³-hybridized carbons (Fsp3) is 0.118. The molecule has 1 N–H and O–H groups in total. The Kier molecular flexibility index (Phi) is 4.64. The Morgan fingerprint density at radius 2 is 1.91 bits per heavy atom. The Morgan fingerprint density at radius 3 is 2.65 bits per heavy atom. The van der Waals surface area contributed by atoms with Crippen LogP contribution in [0.2, 0.25) is 0 Å². The topological polar surface area (TPSA) is 54.9 Å². The summed E-state index contributed by atoms with van der Waals surface area (Å²) in [4.78, 5) is 17.8. The zero-order valence-corrected chi connectivity index (χ0v) is 14.4. The van der Waals surface area contributed by atoms with E-state index in [9.17, 15) is 0 Å². The highest BCUT2D eigenvalue weighted by atomic mass is 32.1. The van der Waals surface area contributed by atoms with E-state index in [2.05, 4.69) is 34.6 Å². The molecule has 3 aromatic heterocycles. The van der Waals surface area contributed by atoms with E-state index in [1.54, 1.807) is 22.7 Å². The molecule has 0 atom stereocenters. The minimum Gasteiger partial charge on any atom is -0.379 e. The van der Waals surface area contributed by atoms with Crippen molar-refractivity contribution in [1.82, 2.24) is 9.97 Å². The Bertz CT molecular complexity index is 926. The summed E-state index contributed by atoms with van der Waals surface area (Å²) in [6.45, 7) is 1.44. The number of rotatable bonds is 2. The van der Waals surface area contributed by atoms with Gasteiger partial charge in [-0.3, -0.25) is 4.98 Å². The van der Waals surface area contributed by atoms with Gasteiger partial charge in [-0.1, -0.05) is 12.1 Å². The number of carbonyl (C=O) groups excluding carboxylic acids is 1. The van der Waals surface area contributed by atoms with Crippen LogP contribution in [0, 0.1) is 0 Å². The van der Waals surface area contributed by atoms with Crippen LogP contribution in [0.3, 0.4) is 0 Å². The SMILES string of the molecule is CC=O.CNc1sc2cnccc2c1-c1nc2ccccc2s1. The van der Waals surface area contributed by atoms with E-state index in [1.165, 1.54) is 27.3 Å². The fourth-order valence-electron chi connectivity index (χ4n) is 2.32. The predicted molar refractivity (Wildman–Crippen MR) is 99.5 cm³/mol. The van der Waals surface area contributed by atoms with Crippen molar-refractivity contribution < 1.29 is 4.79 Å². The van der Waals surface area contributed by atoms with Gasteiger partial charge < -0.3 is 10.1 Å². The summed E-state index contributed by atoms with van der Waals surface area (Å²) in [5, 5.41) is 6.71. The minimum atomic E-state index is 0.750. The van der Waals surface area contributed by atoms with Gasteiger partial charge in [0.25, 0.3) is 0 Å². The molecule has 4 rings (SSSR count). The van der Waals surface area contributed by atoms with E-state index in [0.717, 1.165) is 21.8 Å². The van der Waals surface area contributed by atoms with Crippen molar-refractivity contribution in [2.75, 3.05) is 12.4 Å². The van der Waals surface area contributed by atoms with Crippen LogP contribution < -0.4 is 5.32 Å². The molecule has 0 saturated carbocycles. The number of nitrogens with one attached hydrogen (secondary N) is 1. The van der Waals surface area contributed by atoms with Gasteiger partial charge in [0.15, 0.2) is 0 Å². The average Bonchev–Trinajstić information content (AvgIpc) is 3.15. The maximum atomic E-state index is 8.81. The van der Waals surface area contributed by atoms with Crippen LogP contribution in [0.1, 0.15) is 6.92 Å². The van der Waals surface area contributed by atoms with E-state index < -0.39 is 0 Å². The largest absolute Gasteiger partial charge is 0.379 e. The third-order valence-corrected chi connectivity index (χ3v) is 5.44. The van der Waals surface area contributed by atoms with E-state index in [1.807, 2.05) is 25.5 Å². The van der Waals surface area contributed by atoms with Crippen molar-refractivity contribution in [3.8, 4) is 10.6 Å². The molecular weight excluding hydrogens is 326 g/mol. The molecule has 23 heavy (non-hydrogen) atoms. The first-order chi connectivity index (χ1) is 11.3. The Morgan fingerprint density at radius 1 is 1.13 bits per heavy atom. The van der Waals surface area contributed by atoms with E-state index in [-0.39, 0.29) is 0 Å². The van der Waals surface area contributed by atoms with Crippen molar-refractivity contribution >= 4 is 54.3 Å². The molecule has 4 aromatic rings. The summed E-state index contributed by atoms with van der Waals surface area (Å²) in [7, 11) is 1.95. The molecule has 1 aromatic carbocycles. The summed E-state index contributed by atoms with van der Waals surface area (Å²) in [5.74, 6) is 0. The number of aromatic nitrogens is 2. The Balaban J connectivity index is 0.000000485. The number of thiazole rings is 1. The number of anilines is 1. The number of nitrogens with zero attached hydrogens (tertiary/aromatic N) is 2. The smallest absolute Gasteiger partial charge is 0.128 e. The summed E-state index contributed by atoms with van der Waals surface area (Å²) < 4.78 is 2.41. The number of thiophene rings is 1. The highest BCUT2D eigenvalue weighted by Crippen LogP contribution is 2.44. The zero-order valence-electron chi connectivity index (χ0n) is 12.7. The number of para-hydroxylation sites is 1. The van der Waals surface area contributed by atoms with Gasteiger partial charge in [0.1, 0.15) is 11.3 Å². The fourth-order valence-corrected chi connectivity index (χ4v) is 4.44. The second kappa shape index (κ2) is 6.85. The lowest BCUT2D eigenvalue weighted by molar-refractivity contribution is -0.106. The van der Waals surface area contributed by atoms with Gasteiger partial charge >= 0.3 is 0 Å². The van der Waals surface area contributed by atoms with Gasteiger partial charge in [0, 0.05) is 24.8 Å². The second-order valence-corrected chi connectivity index (χ2v) is 6.73. The van der Waals surface area contributed by atoms with Crippen LogP contribution in [0.5, 0.6) is 0 Å². The number of benzene rings is 1. The number of fused-ring (bicyclic) bond motifs is 2. The summed E-state index contributed by atoms with van der Waals surface area (Å²) in [6.07, 6.45) is 4.50. The summed E-state index contributed by atoms with van der Waals surface area (Å²) in [6, 6.07) is 10.3. The maximum Gasteiger partial charge on any atom is 0.128 e. The first kappa shape index (κ1) is 15.6. The van der Waals surface area contributed by atoms with Crippen LogP contribution >= 0.6 is 22.7 Å². The van der Waals surface area contributed by atoms with Crippen LogP contribution in [0.25, 0.3) is 30.9 Å². The number of aldehydes is 1. The molecule has 0 amide bonds. The van der Waals surface area contributed by atoms with Crippen molar-refractivity contribution in [3.05, 3.63) is 42.7 Å². The monoisotopic (exact) mass is 341 g/mol. The third kappa shape index (κ3) is 2.95. The number of hydrogen-bond acceptors (Lipinski definition) is 6. The molecular formula is C17H15N3OS2. The standard InChI is InChI=1S/C15H11N3S2.C2H4O/c1-16-14-13(9-6-7-17-8-12(9)20-14)15-18-10-4-2-3-5-11(10)19-15;1-2-3/h2-8,16H,1H3;2H,1H3. The quantitative estimate of drug-likeness (QED) is 0.531. The van der Waals surface area contributed by atoms with Gasteiger partial charge in [-0.05, 0) is 25.1 Å². The number of pyridine rings is 1. The van der Waals surface area contributed by atoms with Crippen LogP contribution in [0.15, 0.2) is 42.7 Å². The minimum absolute atomic E-state index is 0.750. The second-order valence-electron chi connectivity index (χ2n) is 4.65. The molecule has 4 nitrogen and oxygen atoms in total. The summed E-state index contributed by atoms with van der Waals surface area (Å²) >= 11 is 3.46. The Labute approximate surface area is 141 Å². The highest BCUT2D eigenvalue weighted by Gasteiger charge is 2.16. The molecule has 0 unspecified atom stereocenters. The number of hydrogen-bond donors (Lipinski definition) is 1. The lowest BCUT2D eigenvalue weighted by Gasteiger charge is -1.99. The van der Waals surface area contributed by atoms with Crippen molar-refractivity contribution in [1.29, 1.82) is 0 Å². The molecule has 0 aliphatic carbocycles. The molecule has 0 aliphatic heterocycles. The van der Waals surface area contributed by atoms with Gasteiger partial charge in [-0.25, -0.2) is 4.98 Å². The average molecular weight is 341 g/mol. The van der Waals surface area contributed by atoms with E-state index >= 15 is 0 Å². The highest BCUT2D eigenvalue weighted by molar-refractivity contribution is 7.25. The first-order valence-electron chi connectivity index (χ1n) is 7.08. The zero-order chi connectivity index (χ0) is 16.2. The molecule has 0 aliphatic rings. The van der Waals surface area contributed by atoms with Crippen LogP contribution in [-0.4, -0.2) is 23.3 Å². The van der Waals surface area contributed by atoms with E-state index in [0.29, 0.717) is 0 Å². The maximum absolute atomic E-state index is 8.81. The predicted octanol–water partition coefficient (Wildman–Crippen LogP) is 4.82. The van der Waals surface area contributed by atoms with Crippen LogP contribution in [-0.2, 0) is 4.79 Å². The lowest BCUT2D eigenvalue weighted by Crippen LogP contribution is -1.86. The molecule has 0 bridgehead atoms. The molecule has 0 saturated heterocycles. The lowest BCUT2D eigenvalue weighted by atomic mass is 10.2. The molecule has 116 valence electrons. The normalized spacial score (nSPS) is 10.3. The van der Waals surface area contributed by atoms with Gasteiger partial charge in [-0.15, -0.1) is 22.7 Å². The number of carbonyl (C=O) groups is 1. The van der Waals surface area contributed by atoms with E-state index in [4.69, 9.17) is 9.78 Å². The Hall–Kier alpha value is -2.31. The molecule has 6 heteroatoms. The van der Waals surface area contributed by atoms with Gasteiger partial charge in [0.05, 0.1) is 25.5 Å². The van der Waals surface area contributed by atoms with Gasteiger partial charge in [0.2, 0.25) is 0 Å². The summed E-state index contributed by atoms with van der Waals surface area (Å²) in [5.41, 5.74) is 2.25. The van der Waals surface area contributed by atoms with Gasteiger partial charge in [-0.2, -0.15) is 0 Å². The molecule has 0 radical (unpaired) electrons. The van der Waals surface area contributed by atoms with Crippen molar-refractivity contribution in [2.45, 2.75) is 6.92 Å². The van der Waals surface area contributed by atoms with Crippen molar-refractivity contribution in [3.63, 3.8) is 0 Å². The van der Waals surface area contributed by atoms with Crippen LogP contribution in [0.4, 0.5) is 5.00 Å². The molecule has 3 heterocycles. The third-order valence-electron chi connectivity index (χ3n) is 3.23. The first-order valence-corrected chi connectivity index (χ1v) is 8.71. The van der Waals surface area contributed by atoms with Crippen molar-refractivity contribution in [2.24, 2.45) is 0 Å².